The van der Waals surface area contributed by atoms with Crippen LogP contribution in [-0.2, 0) is 11.4 Å². The normalized spacial score (nSPS) is 17.5. The van der Waals surface area contributed by atoms with E-state index in [2.05, 4.69) is 50.2 Å². The minimum absolute atomic E-state index is 0.00982. The van der Waals surface area contributed by atoms with Crippen LogP contribution in [0.2, 0.25) is 0 Å². The van der Waals surface area contributed by atoms with Gasteiger partial charge in [0, 0.05) is 0 Å². The van der Waals surface area contributed by atoms with Gasteiger partial charge in [-0.05, 0) is 88.6 Å². The quantitative estimate of drug-likeness (QED) is 0.314. The van der Waals surface area contributed by atoms with E-state index in [0.29, 0.717) is 12.5 Å². The number of carboxylic acids is 1. The number of benzene rings is 3. The molecule has 0 unspecified atom stereocenters. The van der Waals surface area contributed by atoms with Crippen molar-refractivity contribution >= 4 is 5.97 Å². The maximum absolute atomic E-state index is 11.3. The van der Waals surface area contributed by atoms with Gasteiger partial charge >= 0.3 is 5.97 Å². The number of ether oxygens (including phenoxy) is 2. The molecule has 1 fully saturated rings. The maximum atomic E-state index is 11.3. The summed E-state index contributed by atoms with van der Waals surface area (Å²) in [5.41, 5.74) is 6.23. The molecule has 1 aliphatic rings. The molecule has 0 saturated heterocycles. The van der Waals surface area contributed by atoms with Crippen molar-refractivity contribution in [1.82, 2.24) is 0 Å². The molecule has 3 aromatic rings. The summed E-state index contributed by atoms with van der Waals surface area (Å²) in [4.78, 5) is 11.3. The van der Waals surface area contributed by atoms with Crippen molar-refractivity contribution in [3.05, 3.63) is 83.4 Å². The summed E-state index contributed by atoms with van der Waals surface area (Å²) < 4.78 is 11.7. The second-order valence-electron chi connectivity index (χ2n) is 10.7. The summed E-state index contributed by atoms with van der Waals surface area (Å²) in [7, 11) is 1.71. The largest absolute Gasteiger partial charge is 0.497 e. The highest BCUT2D eigenvalue weighted by molar-refractivity contribution is 5.70. The summed E-state index contributed by atoms with van der Waals surface area (Å²) in [6, 6.07) is 22.9. The minimum Gasteiger partial charge on any atom is -0.497 e. The molecule has 1 aliphatic carbocycles. The first-order valence-electron chi connectivity index (χ1n) is 13.0. The molecule has 190 valence electrons. The predicted octanol–water partition coefficient (Wildman–Crippen LogP) is 8.20. The van der Waals surface area contributed by atoms with Crippen molar-refractivity contribution in [3.8, 4) is 22.6 Å². The third-order valence-electron chi connectivity index (χ3n) is 7.78. The summed E-state index contributed by atoms with van der Waals surface area (Å²) in [5, 5.41) is 9.25. The van der Waals surface area contributed by atoms with E-state index in [4.69, 9.17) is 9.47 Å². The lowest BCUT2D eigenvalue weighted by Gasteiger charge is -2.30. The molecular formula is C32H38O4. The molecule has 0 aliphatic heterocycles. The molecule has 3 aromatic carbocycles. The second-order valence-corrected chi connectivity index (χ2v) is 10.7. The molecule has 1 saturated carbocycles. The van der Waals surface area contributed by atoms with Crippen LogP contribution in [0.4, 0.5) is 0 Å². The number of rotatable bonds is 10. The molecule has 4 nitrogen and oxygen atoms in total. The molecule has 0 bridgehead atoms. The Morgan fingerprint density at radius 2 is 1.83 bits per heavy atom. The molecule has 0 radical (unpaired) electrons. The fourth-order valence-corrected chi connectivity index (χ4v) is 5.68. The minimum atomic E-state index is -0.772. The van der Waals surface area contributed by atoms with E-state index in [0.717, 1.165) is 29.0 Å². The summed E-state index contributed by atoms with van der Waals surface area (Å²) >= 11 is 0. The Labute approximate surface area is 215 Å². The van der Waals surface area contributed by atoms with E-state index in [1.165, 1.54) is 36.0 Å². The number of hydrogen-bond donors (Lipinski definition) is 1. The highest BCUT2D eigenvalue weighted by Gasteiger charge is 2.36. The smallest absolute Gasteiger partial charge is 0.303 e. The van der Waals surface area contributed by atoms with Crippen LogP contribution in [-0.4, -0.2) is 18.2 Å². The standard InChI is InChI=1S/C32H38O4/c1-5-23(20-31(33)34)24-9-6-12-27(18-24)36-21-22-14-15-28(25-10-7-11-26(19-25)35-4)29(17-22)30-13-8-16-32(30,2)3/h6-7,9-12,14-15,17-19,23,30H,5,8,13,16,20-21H2,1-4H3,(H,33,34)/t23-,30+/m0/s1. The first-order chi connectivity index (χ1) is 17.3. The lowest BCUT2D eigenvalue weighted by atomic mass is 9.75. The first kappa shape index (κ1) is 25.8. The van der Waals surface area contributed by atoms with Gasteiger partial charge in [-0.25, -0.2) is 0 Å². The Kier molecular flexibility index (Phi) is 8.03. The first-order valence-corrected chi connectivity index (χ1v) is 13.0. The van der Waals surface area contributed by atoms with Crippen molar-refractivity contribution < 1.29 is 19.4 Å². The van der Waals surface area contributed by atoms with Gasteiger partial charge in [0.15, 0.2) is 0 Å². The topological polar surface area (TPSA) is 55.8 Å². The third kappa shape index (κ3) is 5.92. The van der Waals surface area contributed by atoms with Crippen molar-refractivity contribution in [3.63, 3.8) is 0 Å². The average molecular weight is 487 g/mol. The second kappa shape index (κ2) is 11.2. The van der Waals surface area contributed by atoms with Crippen molar-refractivity contribution in [2.24, 2.45) is 5.41 Å². The Morgan fingerprint density at radius 3 is 2.53 bits per heavy atom. The fraction of sp³-hybridized carbons (Fsp3) is 0.406. The van der Waals surface area contributed by atoms with Crippen LogP contribution in [0, 0.1) is 5.41 Å². The molecule has 0 spiro atoms. The Bertz CT molecular complexity index is 1200. The van der Waals surface area contributed by atoms with Gasteiger partial charge < -0.3 is 14.6 Å². The highest BCUT2D eigenvalue weighted by Crippen LogP contribution is 2.51. The number of carbonyl (C=O) groups is 1. The summed E-state index contributed by atoms with van der Waals surface area (Å²) in [5.74, 6) is 1.35. The van der Waals surface area contributed by atoms with Crippen LogP contribution >= 0.6 is 0 Å². The molecule has 2 atom stereocenters. The Hall–Kier alpha value is -3.27. The number of carboxylic acid groups (broad SMARTS) is 1. The van der Waals surface area contributed by atoms with Gasteiger partial charge in [0.1, 0.15) is 18.1 Å². The van der Waals surface area contributed by atoms with E-state index < -0.39 is 5.97 Å². The molecule has 1 N–H and O–H groups in total. The molecule has 0 heterocycles. The predicted molar refractivity (Wildman–Crippen MR) is 145 cm³/mol. The van der Waals surface area contributed by atoms with Crippen LogP contribution in [0.1, 0.15) is 81.4 Å². The van der Waals surface area contributed by atoms with Gasteiger partial charge in [-0.3, -0.25) is 4.79 Å². The van der Waals surface area contributed by atoms with Crippen LogP contribution in [0.3, 0.4) is 0 Å². The van der Waals surface area contributed by atoms with Crippen LogP contribution < -0.4 is 9.47 Å². The van der Waals surface area contributed by atoms with E-state index in [-0.39, 0.29) is 17.8 Å². The van der Waals surface area contributed by atoms with Gasteiger partial charge in [0.2, 0.25) is 0 Å². The zero-order valence-corrected chi connectivity index (χ0v) is 21.9. The molecule has 0 aromatic heterocycles. The molecule has 36 heavy (non-hydrogen) atoms. The molecular weight excluding hydrogens is 448 g/mol. The third-order valence-corrected chi connectivity index (χ3v) is 7.78. The van der Waals surface area contributed by atoms with E-state index in [1.807, 2.05) is 37.3 Å². The van der Waals surface area contributed by atoms with Crippen molar-refractivity contribution in [2.45, 2.75) is 71.3 Å². The van der Waals surface area contributed by atoms with E-state index >= 15 is 0 Å². The van der Waals surface area contributed by atoms with E-state index in [9.17, 15) is 9.90 Å². The molecule has 4 heteroatoms. The Balaban J connectivity index is 1.61. The fourth-order valence-electron chi connectivity index (χ4n) is 5.68. The number of hydrogen-bond acceptors (Lipinski definition) is 3. The average Bonchev–Trinajstić information content (AvgIpc) is 3.24. The van der Waals surface area contributed by atoms with Gasteiger partial charge in [0.25, 0.3) is 0 Å². The van der Waals surface area contributed by atoms with Gasteiger partial charge in [-0.2, -0.15) is 0 Å². The van der Waals surface area contributed by atoms with Gasteiger partial charge in [0.05, 0.1) is 13.5 Å². The Morgan fingerprint density at radius 1 is 1.06 bits per heavy atom. The highest BCUT2D eigenvalue weighted by atomic mass is 16.5. The molecule has 4 rings (SSSR count). The number of methoxy groups -OCH3 is 1. The van der Waals surface area contributed by atoms with Crippen LogP contribution in [0.5, 0.6) is 11.5 Å². The maximum Gasteiger partial charge on any atom is 0.303 e. The summed E-state index contributed by atoms with van der Waals surface area (Å²) in [6.07, 6.45) is 4.59. The van der Waals surface area contributed by atoms with Gasteiger partial charge in [-0.1, -0.05) is 69.7 Å². The van der Waals surface area contributed by atoms with Crippen molar-refractivity contribution in [2.75, 3.05) is 7.11 Å². The lowest BCUT2D eigenvalue weighted by molar-refractivity contribution is -0.137. The monoisotopic (exact) mass is 486 g/mol. The zero-order chi connectivity index (χ0) is 25.7. The summed E-state index contributed by atoms with van der Waals surface area (Å²) in [6.45, 7) is 7.26. The van der Waals surface area contributed by atoms with Crippen molar-refractivity contribution in [1.29, 1.82) is 0 Å². The molecule has 0 amide bonds. The number of aliphatic carboxylic acids is 1. The zero-order valence-electron chi connectivity index (χ0n) is 21.9. The van der Waals surface area contributed by atoms with Gasteiger partial charge in [-0.15, -0.1) is 0 Å². The lowest BCUT2D eigenvalue weighted by Crippen LogP contribution is -2.16. The SMILES string of the molecule is CC[C@@H](CC(=O)O)c1cccc(OCc2ccc(-c3cccc(OC)c3)c([C@H]3CCCC3(C)C)c2)c1. The van der Waals surface area contributed by atoms with Crippen LogP contribution in [0.15, 0.2) is 66.7 Å². The van der Waals surface area contributed by atoms with Crippen LogP contribution in [0.25, 0.3) is 11.1 Å². The van der Waals surface area contributed by atoms with E-state index in [1.54, 1.807) is 7.11 Å².